The van der Waals surface area contributed by atoms with Crippen molar-refractivity contribution in [1.29, 1.82) is 5.26 Å². The highest BCUT2D eigenvalue weighted by Gasteiger charge is 2.27. The van der Waals surface area contributed by atoms with Crippen LogP contribution in [0.4, 0.5) is 0 Å². The summed E-state index contributed by atoms with van der Waals surface area (Å²) in [5.74, 6) is -2.04. The summed E-state index contributed by atoms with van der Waals surface area (Å²) in [6, 6.07) is 17.4. The van der Waals surface area contributed by atoms with Crippen molar-refractivity contribution in [2.24, 2.45) is 5.92 Å². The number of ketones is 1. The molecule has 2 rings (SSSR count). The van der Waals surface area contributed by atoms with Gasteiger partial charge in [0.05, 0.1) is 13.2 Å². The number of hydrogen-bond donors (Lipinski definition) is 1. The van der Waals surface area contributed by atoms with Crippen LogP contribution >= 0.6 is 0 Å². The van der Waals surface area contributed by atoms with Crippen molar-refractivity contribution in [2.45, 2.75) is 6.54 Å². The van der Waals surface area contributed by atoms with E-state index in [0.29, 0.717) is 5.75 Å². The Bertz CT molecular complexity index is 735. The Hall–Kier alpha value is -3.13. The lowest BCUT2D eigenvalue weighted by atomic mass is 9.98. The monoisotopic (exact) mass is 308 g/mol. The van der Waals surface area contributed by atoms with Gasteiger partial charge in [-0.2, -0.15) is 5.26 Å². The maximum absolute atomic E-state index is 12.4. The maximum atomic E-state index is 12.4. The molecule has 1 N–H and O–H groups in total. The summed E-state index contributed by atoms with van der Waals surface area (Å²) < 4.78 is 5.05. The minimum atomic E-state index is -1.38. The number of nitrogens with zero attached hydrogens (tertiary/aromatic N) is 1. The van der Waals surface area contributed by atoms with Gasteiger partial charge in [-0.15, -0.1) is 0 Å². The lowest BCUT2D eigenvalue weighted by Crippen LogP contribution is -2.34. The molecule has 0 radical (unpaired) electrons. The summed E-state index contributed by atoms with van der Waals surface area (Å²) in [7, 11) is 1.48. The predicted molar refractivity (Wildman–Crippen MR) is 84.7 cm³/mol. The number of hydrogen-bond acceptors (Lipinski definition) is 4. The molecule has 116 valence electrons. The number of Topliss-reactive ketones (excluding diaryl/α,β-unsaturated/α-hetero) is 1. The van der Waals surface area contributed by atoms with Crippen molar-refractivity contribution >= 4 is 11.7 Å². The third-order valence-corrected chi connectivity index (χ3v) is 3.32. The zero-order valence-electron chi connectivity index (χ0n) is 12.7. The van der Waals surface area contributed by atoms with Gasteiger partial charge in [-0.25, -0.2) is 0 Å². The number of ether oxygens (including phenoxy) is 1. The van der Waals surface area contributed by atoms with Gasteiger partial charge in [-0.05, 0) is 17.7 Å². The molecule has 0 spiro atoms. The van der Waals surface area contributed by atoms with Gasteiger partial charge in [0.25, 0.3) is 0 Å². The lowest BCUT2D eigenvalue weighted by molar-refractivity contribution is -0.122. The van der Waals surface area contributed by atoms with Crippen LogP contribution < -0.4 is 10.1 Å². The second-order valence-corrected chi connectivity index (χ2v) is 4.86. The zero-order valence-corrected chi connectivity index (χ0v) is 12.7. The second-order valence-electron chi connectivity index (χ2n) is 4.86. The molecule has 1 amide bonds. The van der Waals surface area contributed by atoms with Gasteiger partial charge >= 0.3 is 0 Å². The van der Waals surface area contributed by atoms with E-state index in [4.69, 9.17) is 4.74 Å². The van der Waals surface area contributed by atoms with E-state index in [-0.39, 0.29) is 12.1 Å². The molecule has 23 heavy (non-hydrogen) atoms. The Morgan fingerprint density at radius 2 is 1.91 bits per heavy atom. The van der Waals surface area contributed by atoms with Crippen LogP contribution in [0.15, 0.2) is 54.6 Å². The standard InChI is InChI=1S/C18H16N2O3/c1-23-15-9-5-8-14(10-15)17(21)16(11-19)18(22)20-12-13-6-3-2-4-7-13/h2-10,16H,12H2,1H3,(H,20,22)/t16-/m0/s1. The molecule has 0 bridgehead atoms. The number of amides is 1. The second kappa shape index (κ2) is 7.76. The van der Waals surface area contributed by atoms with Crippen LogP contribution in [0.1, 0.15) is 15.9 Å². The Kier molecular flexibility index (Phi) is 5.48. The first-order chi connectivity index (χ1) is 11.2. The number of rotatable bonds is 6. The Labute approximate surface area is 134 Å². The summed E-state index contributed by atoms with van der Waals surface area (Å²) in [4.78, 5) is 24.5. The van der Waals surface area contributed by atoms with E-state index in [2.05, 4.69) is 5.32 Å². The molecule has 2 aromatic rings. The van der Waals surface area contributed by atoms with Crippen molar-refractivity contribution in [3.8, 4) is 11.8 Å². The van der Waals surface area contributed by atoms with Crippen LogP contribution in [-0.2, 0) is 11.3 Å². The molecule has 0 unspecified atom stereocenters. The van der Waals surface area contributed by atoms with E-state index in [1.54, 1.807) is 24.3 Å². The molecule has 0 aliphatic carbocycles. The van der Waals surface area contributed by atoms with Crippen LogP contribution in [0.3, 0.4) is 0 Å². The molecule has 1 atom stereocenters. The average Bonchev–Trinajstić information content (AvgIpc) is 2.61. The predicted octanol–water partition coefficient (Wildman–Crippen LogP) is 2.33. The summed E-state index contributed by atoms with van der Waals surface area (Å²) in [6.45, 7) is 0.267. The highest BCUT2D eigenvalue weighted by molar-refractivity contribution is 6.12. The summed E-state index contributed by atoms with van der Waals surface area (Å²) in [5, 5.41) is 11.8. The molecule has 5 nitrogen and oxygen atoms in total. The quantitative estimate of drug-likeness (QED) is 0.656. The van der Waals surface area contributed by atoms with E-state index >= 15 is 0 Å². The van der Waals surface area contributed by atoms with Crippen LogP contribution in [0.2, 0.25) is 0 Å². The first-order valence-corrected chi connectivity index (χ1v) is 7.05. The molecule has 0 aliphatic rings. The van der Waals surface area contributed by atoms with Crippen molar-refractivity contribution in [1.82, 2.24) is 5.32 Å². The average molecular weight is 308 g/mol. The van der Waals surface area contributed by atoms with Gasteiger partial charge in [0.2, 0.25) is 5.91 Å². The fraction of sp³-hybridized carbons (Fsp3) is 0.167. The molecule has 2 aromatic carbocycles. The van der Waals surface area contributed by atoms with E-state index < -0.39 is 17.6 Å². The van der Waals surface area contributed by atoms with Crippen LogP contribution in [-0.4, -0.2) is 18.8 Å². The number of nitriles is 1. The Morgan fingerprint density at radius 3 is 2.57 bits per heavy atom. The lowest BCUT2D eigenvalue weighted by Gasteiger charge is -2.10. The smallest absolute Gasteiger partial charge is 0.245 e. The molecule has 0 aliphatic heterocycles. The Morgan fingerprint density at radius 1 is 1.17 bits per heavy atom. The van der Waals surface area contributed by atoms with Gasteiger partial charge in [0.15, 0.2) is 11.7 Å². The van der Waals surface area contributed by atoms with Crippen LogP contribution in [0.5, 0.6) is 5.75 Å². The first kappa shape index (κ1) is 16.2. The van der Waals surface area contributed by atoms with Crippen molar-refractivity contribution in [2.75, 3.05) is 7.11 Å². The first-order valence-electron chi connectivity index (χ1n) is 7.05. The van der Waals surface area contributed by atoms with E-state index in [9.17, 15) is 14.9 Å². The zero-order chi connectivity index (χ0) is 16.7. The van der Waals surface area contributed by atoms with Crippen LogP contribution in [0, 0.1) is 17.2 Å². The third-order valence-electron chi connectivity index (χ3n) is 3.32. The summed E-state index contributed by atoms with van der Waals surface area (Å²) >= 11 is 0. The highest BCUT2D eigenvalue weighted by Crippen LogP contribution is 2.16. The van der Waals surface area contributed by atoms with E-state index in [1.807, 2.05) is 30.3 Å². The molecule has 0 aromatic heterocycles. The Balaban J connectivity index is 2.07. The minimum Gasteiger partial charge on any atom is -0.497 e. The molecule has 0 saturated heterocycles. The normalized spacial score (nSPS) is 11.1. The number of nitrogens with one attached hydrogen (secondary N) is 1. The number of methoxy groups -OCH3 is 1. The largest absolute Gasteiger partial charge is 0.497 e. The summed E-state index contributed by atoms with van der Waals surface area (Å²) in [6.07, 6.45) is 0. The maximum Gasteiger partial charge on any atom is 0.245 e. The topological polar surface area (TPSA) is 79.2 Å². The van der Waals surface area contributed by atoms with Crippen LogP contribution in [0.25, 0.3) is 0 Å². The van der Waals surface area contributed by atoms with Crippen molar-refractivity contribution < 1.29 is 14.3 Å². The number of benzene rings is 2. The van der Waals surface area contributed by atoms with Gasteiger partial charge in [0.1, 0.15) is 5.75 Å². The molecule has 0 heterocycles. The number of carbonyl (C=O) groups excluding carboxylic acids is 2. The van der Waals surface area contributed by atoms with Gasteiger partial charge in [-0.3, -0.25) is 9.59 Å². The van der Waals surface area contributed by atoms with Gasteiger partial charge in [-0.1, -0.05) is 42.5 Å². The molecule has 5 heteroatoms. The van der Waals surface area contributed by atoms with Gasteiger partial charge < -0.3 is 10.1 Å². The minimum absolute atomic E-state index is 0.267. The van der Waals surface area contributed by atoms with Gasteiger partial charge in [0, 0.05) is 12.1 Å². The highest BCUT2D eigenvalue weighted by atomic mass is 16.5. The molecule has 0 fully saturated rings. The molecule has 0 saturated carbocycles. The third kappa shape index (κ3) is 4.17. The SMILES string of the molecule is COc1cccc(C(=O)[C@H](C#N)C(=O)NCc2ccccc2)c1. The molecular formula is C18H16N2O3. The van der Waals surface area contributed by atoms with E-state index in [1.165, 1.54) is 13.2 Å². The fourth-order valence-corrected chi connectivity index (χ4v) is 2.07. The van der Waals surface area contributed by atoms with Crippen molar-refractivity contribution in [3.05, 3.63) is 65.7 Å². The van der Waals surface area contributed by atoms with E-state index in [0.717, 1.165) is 5.56 Å². The summed E-state index contributed by atoms with van der Waals surface area (Å²) in [5.41, 5.74) is 1.16. The number of carbonyl (C=O) groups is 2. The van der Waals surface area contributed by atoms with Crippen molar-refractivity contribution in [3.63, 3.8) is 0 Å². The fourth-order valence-electron chi connectivity index (χ4n) is 2.07. The molecular weight excluding hydrogens is 292 g/mol.